The lowest BCUT2D eigenvalue weighted by Gasteiger charge is -1.92. The number of hydrogen-bond acceptors (Lipinski definition) is 4. The van der Waals surface area contributed by atoms with Crippen LogP contribution in [0.25, 0.3) is 0 Å². The number of carbonyl (C=O) groups is 1. The van der Waals surface area contributed by atoms with Crippen LogP contribution in [0.5, 0.6) is 0 Å². The van der Waals surface area contributed by atoms with Crippen molar-refractivity contribution in [3.63, 3.8) is 0 Å². The molecule has 8 heteroatoms. The van der Waals surface area contributed by atoms with Crippen LogP contribution in [0, 0.1) is 22.7 Å². The van der Waals surface area contributed by atoms with Crippen LogP contribution in [-0.4, -0.2) is 35.6 Å². The fourth-order valence-corrected chi connectivity index (χ4v) is 0.587. The number of amidine groups is 2. The third kappa shape index (κ3) is 7.15. The summed E-state index contributed by atoms with van der Waals surface area (Å²) in [5.41, 5.74) is 10.5. The van der Waals surface area contributed by atoms with Crippen molar-refractivity contribution in [2.45, 2.75) is 0 Å². The number of amides is 1. The molecule has 0 bridgehead atoms. The SMILES string of the molecule is N=C(N)C(=N)N=CC(C#CCNC(=O)O)=CN. The highest BCUT2D eigenvalue weighted by molar-refractivity contribution is 6.39. The molecule has 0 saturated heterocycles. The van der Waals surface area contributed by atoms with Crippen LogP contribution in [0.3, 0.4) is 0 Å². The van der Waals surface area contributed by atoms with E-state index < -0.39 is 17.8 Å². The molecule has 0 aliphatic heterocycles. The molecule has 8 N–H and O–H groups in total. The smallest absolute Gasteiger partial charge is 0.405 e. The molecule has 0 aliphatic carbocycles. The third-order valence-electron chi connectivity index (χ3n) is 1.33. The van der Waals surface area contributed by atoms with E-state index in [0.717, 1.165) is 12.4 Å². The zero-order valence-electron chi connectivity index (χ0n) is 8.82. The molecule has 0 saturated carbocycles. The van der Waals surface area contributed by atoms with E-state index in [-0.39, 0.29) is 12.1 Å². The van der Waals surface area contributed by atoms with Gasteiger partial charge in [-0.3, -0.25) is 10.8 Å². The third-order valence-corrected chi connectivity index (χ3v) is 1.33. The summed E-state index contributed by atoms with van der Waals surface area (Å²) < 4.78 is 0. The maximum absolute atomic E-state index is 10.1. The van der Waals surface area contributed by atoms with Gasteiger partial charge < -0.3 is 21.9 Å². The monoisotopic (exact) mass is 236 g/mol. The van der Waals surface area contributed by atoms with E-state index in [9.17, 15) is 4.79 Å². The summed E-state index contributed by atoms with van der Waals surface area (Å²) in [6.45, 7) is -0.0509. The van der Waals surface area contributed by atoms with Gasteiger partial charge in [-0.2, -0.15) is 0 Å². The molecule has 0 heterocycles. The summed E-state index contributed by atoms with van der Waals surface area (Å²) in [4.78, 5) is 13.6. The molecule has 0 radical (unpaired) electrons. The van der Waals surface area contributed by atoms with Crippen molar-refractivity contribution >= 4 is 24.0 Å². The highest BCUT2D eigenvalue weighted by atomic mass is 16.4. The van der Waals surface area contributed by atoms with Crippen LogP contribution in [-0.2, 0) is 0 Å². The van der Waals surface area contributed by atoms with Gasteiger partial charge in [-0.1, -0.05) is 11.8 Å². The van der Waals surface area contributed by atoms with Gasteiger partial charge in [0.05, 0.1) is 12.1 Å². The average Bonchev–Trinajstić information content (AvgIpc) is 2.27. The van der Waals surface area contributed by atoms with Gasteiger partial charge in [0, 0.05) is 12.4 Å². The number of allylic oxidation sites excluding steroid dienone is 1. The van der Waals surface area contributed by atoms with Crippen LogP contribution in [0.1, 0.15) is 0 Å². The second-order valence-electron chi connectivity index (χ2n) is 2.60. The van der Waals surface area contributed by atoms with Gasteiger partial charge >= 0.3 is 6.09 Å². The summed E-state index contributed by atoms with van der Waals surface area (Å²) in [7, 11) is 0. The molecule has 1 amide bonds. The molecule has 0 aliphatic rings. The van der Waals surface area contributed by atoms with Crippen LogP contribution >= 0.6 is 0 Å². The highest BCUT2D eigenvalue weighted by Gasteiger charge is 1.95. The Bertz CT molecular complexity index is 440. The minimum absolute atomic E-state index is 0.0509. The Morgan fingerprint density at radius 3 is 2.65 bits per heavy atom. The molecule has 8 nitrogen and oxygen atoms in total. The predicted octanol–water partition coefficient (Wildman–Crippen LogP) is -0.916. The van der Waals surface area contributed by atoms with Crippen molar-refractivity contribution in [3.8, 4) is 11.8 Å². The summed E-state index contributed by atoms with van der Waals surface area (Å²) in [6.07, 6.45) is 1.13. The number of aliphatic imine (C=N–C) groups is 1. The van der Waals surface area contributed by atoms with E-state index in [1.165, 1.54) is 0 Å². The second kappa shape index (κ2) is 7.47. The van der Waals surface area contributed by atoms with E-state index >= 15 is 0 Å². The number of nitrogens with zero attached hydrogens (tertiary/aromatic N) is 1. The van der Waals surface area contributed by atoms with E-state index in [0.29, 0.717) is 0 Å². The topological polar surface area (TPSA) is 161 Å². The molecule has 0 atom stereocenters. The lowest BCUT2D eigenvalue weighted by Crippen LogP contribution is -2.20. The normalized spacial score (nSPS) is 10.5. The summed E-state index contributed by atoms with van der Waals surface area (Å²) in [5.74, 6) is 4.12. The van der Waals surface area contributed by atoms with Crippen molar-refractivity contribution in [2.24, 2.45) is 16.5 Å². The Kier molecular flexibility index (Phi) is 6.23. The van der Waals surface area contributed by atoms with E-state index in [2.05, 4.69) is 16.8 Å². The molecular formula is C9H12N6O2. The zero-order chi connectivity index (χ0) is 13.3. The van der Waals surface area contributed by atoms with Crippen LogP contribution in [0.15, 0.2) is 16.8 Å². The van der Waals surface area contributed by atoms with Gasteiger partial charge in [-0.05, 0) is 0 Å². The van der Waals surface area contributed by atoms with Gasteiger partial charge in [0.2, 0.25) is 0 Å². The number of nitrogens with two attached hydrogens (primary N) is 2. The van der Waals surface area contributed by atoms with Crippen LogP contribution in [0.2, 0.25) is 0 Å². The van der Waals surface area contributed by atoms with E-state index in [1.807, 2.05) is 5.32 Å². The summed E-state index contributed by atoms with van der Waals surface area (Å²) in [6, 6.07) is 0. The fraction of sp³-hybridized carbons (Fsp3) is 0.111. The first-order chi connectivity index (χ1) is 7.97. The van der Waals surface area contributed by atoms with Crippen molar-refractivity contribution in [1.82, 2.24) is 5.32 Å². The Morgan fingerprint density at radius 1 is 1.53 bits per heavy atom. The van der Waals surface area contributed by atoms with Gasteiger partial charge in [0.15, 0.2) is 11.7 Å². The largest absolute Gasteiger partial charge is 0.465 e. The van der Waals surface area contributed by atoms with Gasteiger partial charge in [0.25, 0.3) is 0 Å². The first-order valence-electron chi connectivity index (χ1n) is 4.32. The maximum atomic E-state index is 10.1. The quantitative estimate of drug-likeness (QED) is 0.208. The lowest BCUT2D eigenvalue weighted by atomic mass is 10.3. The molecule has 0 rings (SSSR count). The Hall–Kier alpha value is -2.82. The van der Waals surface area contributed by atoms with E-state index in [1.54, 1.807) is 0 Å². The summed E-state index contributed by atoms with van der Waals surface area (Å²) >= 11 is 0. The number of hydrogen-bond donors (Lipinski definition) is 6. The van der Waals surface area contributed by atoms with E-state index in [4.69, 9.17) is 27.4 Å². The molecule has 0 fully saturated rings. The Balaban J connectivity index is 4.41. The van der Waals surface area contributed by atoms with Crippen molar-refractivity contribution in [1.29, 1.82) is 10.8 Å². The molecule has 0 spiro atoms. The number of rotatable bonds is 2. The van der Waals surface area contributed by atoms with Crippen molar-refractivity contribution in [2.75, 3.05) is 6.54 Å². The molecule has 90 valence electrons. The number of carboxylic acid groups (broad SMARTS) is 1. The first kappa shape index (κ1) is 14.2. The first-order valence-corrected chi connectivity index (χ1v) is 4.32. The minimum atomic E-state index is -1.18. The minimum Gasteiger partial charge on any atom is -0.465 e. The van der Waals surface area contributed by atoms with Crippen LogP contribution in [0.4, 0.5) is 4.79 Å². The average molecular weight is 236 g/mol. The number of nitrogens with one attached hydrogen (secondary N) is 3. The lowest BCUT2D eigenvalue weighted by molar-refractivity contribution is 0.196. The van der Waals surface area contributed by atoms with Crippen molar-refractivity contribution < 1.29 is 9.90 Å². The van der Waals surface area contributed by atoms with Gasteiger partial charge in [-0.15, -0.1) is 0 Å². The van der Waals surface area contributed by atoms with Gasteiger partial charge in [0.1, 0.15) is 0 Å². The Labute approximate surface area is 97.4 Å². The molecular weight excluding hydrogens is 224 g/mol. The van der Waals surface area contributed by atoms with Gasteiger partial charge in [-0.25, -0.2) is 9.79 Å². The second-order valence-corrected chi connectivity index (χ2v) is 2.60. The predicted molar refractivity (Wildman–Crippen MR) is 64.2 cm³/mol. The fourth-order valence-electron chi connectivity index (χ4n) is 0.587. The molecule has 17 heavy (non-hydrogen) atoms. The molecule has 0 aromatic heterocycles. The maximum Gasteiger partial charge on any atom is 0.405 e. The van der Waals surface area contributed by atoms with Crippen LogP contribution < -0.4 is 16.8 Å². The Morgan fingerprint density at radius 2 is 2.18 bits per heavy atom. The molecule has 0 aromatic carbocycles. The zero-order valence-corrected chi connectivity index (χ0v) is 8.82. The summed E-state index contributed by atoms with van der Waals surface area (Å²) in [5, 5.41) is 24.3. The molecule has 0 unspecified atom stereocenters. The molecule has 0 aromatic rings. The highest BCUT2D eigenvalue weighted by Crippen LogP contribution is 1.85. The van der Waals surface area contributed by atoms with Crippen molar-refractivity contribution in [3.05, 3.63) is 11.8 Å². The standard InChI is InChI=1S/C9H12N6O2/c10-4-6(2-1-3-14-9(16)17)5-15-8(13)7(11)12/h4-5,13-14H,3,10H2,(H3,11,12)(H,16,17).